The van der Waals surface area contributed by atoms with E-state index < -0.39 is 4.33 Å². The van der Waals surface area contributed by atoms with E-state index in [1.165, 1.54) is 12.1 Å². The van der Waals surface area contributed by atoms with Gasteiger partial charge in [0.25, 0.3) is 11.9 Å². The molecule has 0 fully saturated rings. The molecule has 0 unspecified atom stereocenters. The van der Waals surface area contributed by atoms with E-state index in [1.807, 2.05) is 0 Å². The molecule has 74 valence electrons. The van der Waals surface area contributed by atoms with Crippen LogP contribution in [-0.4, -0.2) is 15.7 Å². The first-order valence-corrected chi connectivity index (χ1v) is 4.49. The topological polar surface area (TPSA) is 80.4 Å². The van der Waals surface area contributed by atoms with E-state index in [-0.39, 0.29) is 21.2 Å². The van der Waals surface area contributed by atoms with Crippen LogP contribution >= 0.6 is 23.5 Å². The van der Waals surface area contributed by atoms with Crippen molar-refractivity contribution in [3.63, 3.8) is 0 Å². The molecule has 1 aromatic carbocycles. The van der Waals surface area contributed by atoms with Crippen LogP contribution < -0.4 is 0 Å². The van der Waals surface area contributed by atoms with E-state index in [1.54, 1.807) is 0 Å². The summed E-state index contributed by atoms with van der Waals surface area (Å²) in [6.45, 7) is 0. The molecular weight excluding hydrogens is 230 g/mol. The van der Waals surface area contributed by atoms with E-state index in [0.717, 1.165) is 0 Å². The standard InChI is InChI=1S/C7H4ClNO4S/c8-6-2-5(14-9(12)13)1-4(3-10)7(6)11/h1-3,11H. The second-order valence-corrected chi connectivity index (χ2v) is 3.63. The van der Waals surface area contributed by atoms with Crippen molar-refractivity contribution in [2.45, 2.75) is 4.90 Å². The molecule has 0 aliphatic rings. The number of hydrogen-bond donors (Lipinski definition) is 1. The van der Waals surface area contributed by atoms with Crippen LogP contribution in [0.1, 0.15) is 10.4 Å². The van der Waals surface area contributed by atoms with E-state index in [9.17, 15) is 20.0 Å². The molecule has 0 radical (unpaired) electrons. The molecule has 0 aliphatic carbocycles. The molecule has 0 atom stereocenters. The van der Waals surface area contributed by atoms with E-state index in [2.05, 4.69) is 0 Å². The first kappa shape index (κ1) is 10.8. The highest BCUT2D eigenvalue weighted by atomic mass is 35.5. The maximum absolute atomic E-state index is 10.4. The Bertz CT molecular complexity index is 396. The van der Waals surface area contributed by atoms with Gasteiger partial charge in [0.1, 0.15) is 10.1 Å². The number of carbonyl (C=O) groups is 1. The Labute approximate surface area is 88.0 Å². The van der Waals surface area contributed by atoms with Gasteiger partial charge in [0.05, 0.1) is 15.5 Å². The summed E-state index contributed by atoms with van der Waals surface area (Å²) < 4.78 is -0.628. The third-order valence-corrected chi connectivity index (χ3v) is 2.26. The number of phenolic OH excluding ortho intramolecular Hbond substituents is 1. The van der Waals surface area contributed by atoms with Gasteiger partial charge in [-0.3, -0.25) is 14.9 Å². The van der Waals surface area contributed by atoms with E-state index in [0.29, 0.717) is 18.2 Å². The fourth-order valence-electron chi connectivity index (χ4n) is 0.823. The number of aldehydes is 1. The van der Waals surface area contributed by atoms with Crippen molar-refractivity contribution in [2.24, 2.45) is 0 Å². The summed E-state index contributed by atoms with van der Waals surface area (Å²) in [6, 6.07) is 2.42. The number of halogens is 1. The lowest BCUT2D eigenvalue weighted by Crippen LogP contribution is -1.87. The molecule has 0 aliphatic heterocycles. The Morgan fingerprint density at radius 3 is 2.71 bits per heavy atom. The van der Waals surface area contributed by atoms with Crippen molar-refractivity contribution in [1.82, 2.24) is 0 Å². The van der Waals surface area contributed by atoms with Gasteiger partial charge in [-0.2, -0.15) is 0 Å². The third-order valence-electron chi connectivity index (χ3n) is 1.37. The van der Waals surface area contributed by atoms with Gasteiger partial charge in [-0.15, -0.1) is 0 Å². The maximum atomic E-state index is 10.4. The van der Waals surface area contributed by atoms with Gasteiger partial charge in [0.2, 0.25) is 0 Å². The minimum absolute atomic E-state index is 0.0677. The van der Waals surface area contributed by atoms with Crippen LogP contribution in [0.2, 0.25) is 5.02 Å². The summed E-state index contributed by atoms with van der Waals surface area (Å²) in [6.07, 6.45) is 0.380. The third kappa shape index (κ3) is 2.36. The monoisotopic (exact) mass is 233 g/mol. The minimum atomic E-state index is -0.628. The Kier molecular flexibility index (Phi) is 3.32. The molecule has 0 spiro atoms. The fraction of sp³-hybridized carbons (Fsp3) is 0. The van der Waals surface area contributed by atoms with Gasteiger partial charge in [0, 0.05) is 0 Å². The average molecular weight is 234 g/mol. The number of hydrogen-bond acceptors (Lipinski definition) is 5. The van der Waals surface area contributed by atoms with Gasteiger partial charge >= 0.3 is 0 Å². The van der Waals surface area contributed by atoms with Gasteiger partial charge in [0.15, 0.2) is 6.29 Å². The lowest BCUT2D eigenvalue weighted by Gasteiger charge is -2.00. The van der Waals surface area contributed by atoms with Crippen molar-refractivity contribution in [3.05, 3.63) is 32.8 Å². The minimum Gasteiger partial charge on any atom is -0.506 e. The summed E-state index contributed by atoms with van der Waals surface area (Å²) in [5, 5.41) is 19.3. The lowest BCUT2D eigenvalue weighted by molar-refractivity contribution is -0.284. The zero-order valence-corrected chi connectivity index (χ0v) is 8.21. The normalized spacial score (nSPS) is 9.79. The number of rotatable bonds is 3. The number of aromatic hydroxyl groups is 1. The molecule has 0 amide bonds. The van der Waals surface area contributed by atoms with Gasteiger partial charge in [-0.05, 0) is 12.1 Å². The number of benzene rings is 1. The van der Waals surface area contributed by atoms with Crippen molar-refractivity contribution >= 4 is 29.8 Å². The number of carbonyl (C=O) groups excluding carboxylic acids is 1. The second kappa shape index (κ2) is 4.30. The summed E-state index contributed by atoms with van der Waals surface area (Å²) in [4.78, 5) is 20.8. The molecule has 0 saturated carbocycles. The number of nitrogens with zero attached hydrogens (tertiary/aromatic N) is 1. The highest BCUT2D eigenvalue weighted by Gasteiger charge is 2.12. The first-order valence-electron chi connectivity index (χ1n) is 3.34. The maximum Gasteiger partial charge on any atom is 0.265 e. The van der Waals surface area contributed by atoms with Gasteiger partial charge < -0.3 is 5.11 Å². The average Bonchev–Trinajstić information content (AvgIpc) is 2.10. The van der Waals surface area contributed by atoms with Crippen molar-refractivity contribution in [3.8, 4) is 5.75 Å². The quantitative estimate of drug-likeness (QED) is 0.374. The van der Waals surface area contributed by atoms with Crippen LogP contribution in [0, 0.1) is 10.1 Å². The summed E-state index contributed by atoms with van der Waals surface area (Å²) in [5.74, 6) is -0.366. The zero-order chi connectivity index (χ0) is 10.7. The largest absolute Gasteiger partial charge is 0.506 e. The zero-order valence-electron chi connectivity index (χ0n) is 6.64. The smallest absolute Gasteiger partial charge is 0.265 e. The van der Waals surface area contributed by atoms with Crippen LogP contribution in [0.4, 0.5) is 0 Å². The summed E-state index contributed by atoms with van der Waals surface area (Å²) in [5.41, 5.74) is -0.0677. The molecule has 0 heterocycles. The van der Waals surface area contributed by atoms with Crippen LogP contribution in [0.15, 0.2) is 17.0 Å². The second-order valence-electron chi connectivity index (χ2n) is 2.28. The van der Waals surface area contributed by atoms with Crippen molar-refractivity contribution < 1.29 is 14.2 Å². The Morgan fingerprint density at radius 1 is 1.57 bits per heavy atom. The molecule has 1 N–H and O–H groups in total. The first-order chi connectivity index (χ1) is 6.54. The van der Waals surface area contributed by atoms with Crippen LogP contribution in [-0.2, 0) is 0 Å². The predicted molar refractivity (Wildman–Crippen MR) is 51.4 cm³/mol. The van der Waals surface area contributed by atoms with Crippen LogP contribution in [0.25, 0.3) is 0 Å². The molecule has 5 nitrogen and oxygen atoms in total. The molecule has 14 heavy (non-hydrogen) atoms. The summed E-state index contributed by atoms with van der Waals surface area (Å²) >= 11 is 5.85. The Hall–Kier alpha value is -1.27. The molecule has 0 saturated heterocycles. The predicted octanol–water partition coefficient (Wildman–Crippen LogP) is 2.14. The number of nitro groups is 1. The molecule has 1 rings (SSSR count). The lowest BCUT2D eigenvalue weighted by atomic mass is 10.2. The van der Waals surface area contributed by atoms with Gasteiger partial charge in [-0.1, -0.05) is 11.6 Å². The fourth-order valence-corrected chi connectivity index (χ4v) is 1.64. The van der Waals surface area contributed by atoms with E-state index >= 15 is 0 Å². The van der Waals surface area contributed by atoms with Crippen molar-refractivity contribution in [2.75, 3.05) is 0 Å². The molecule has 7 heteroatoms. The Morgan fingerprint density at radius 2 is 2.21 bits per heavy atom. The molecule has 0 aromatic heterocycles. The van der Waals surface area contributed by atoms with Crippen molar-refractivity contribution in [1.29, 1.82) is 0 Å². The Balaban J connectivity index is 3.15. The summed E-state index contributed by atoms with van der Waals surface area (Å²) in [7, 11) is 0. The molecule has 0 bridgehead atoms. The van der Waals surface area contributed by atoms with Crippen LogP contribution in [0.5, 0.6) is 5.75 Å². The van der Waals surface area contributed by atoms with E-state index in [4.69, 9.17) is 11.6 Å². The van der Waals surface area contributed by atoms with Crippen LogP contribution in [0.3, 0.4) is 0 Å². The molecular formula is C7H4ClNO4S. The highest BCUT2D eigenvalue weighted by molar-refractivity contribution is 7.93. The van der Waals surface area contributed by atoms with Gasteiger partial charge in [-0.25, -0.2) is 0 Å². The molecule has 1 aromatic rings. The highest BCUT2D eigenvalue weighted by Crippen LogP contribution is 2.32. The SMILES string of the molecule is O=Cc1cc(S[N+](=O)[O-])cc(Cl)c1O. The number of phenols is 1.